The van der Waals surface area contributed by atoms with Crippen molar-refractivity contribution in [3.8, 4) is 10.9 Å². The maximum absolute atomic E-state index is 12.6. The largest absolute Gasteiger partial charge is 0.430 e. The van der Waals surface area contributed by atoms with Gasteiger partial charge in [-0.2, -0.15) is 13.2 Å². The molecule has 6 heteroatoms. The molecule has 0 aliphatic carbocycles. The van der Waals surface area contributed by atoms with Crippen molar-refractivity contribution in [1.82, 2.24) is 4.98 Å². The summed E-state index contributed by atoms with van der Waals surface area (Å²) in [5.74, 6) is -0.232. The molecule has 0 N–H and O–H groups in total. The van der Waals surface area contributed by atoms with Gasteiger partial charge in [0.2, 0.25) is 0 Å². The second-order valence-corrected chi connectivity index (χ2v) is 3.75. The standard InChI is InChI=1S/C10H6F3NOS/c11-10(12,13)7-3-1-2-4-8(7)15-9-14-5-6-16-9/h1-6H. The third-order valence-electron chi connectivity index (χ3n) is 1.80. The Hall–Kier alpha value is -1.56. The molecule has 0 atom stereocenters. The molecule has 1 aromatic carbocycles. The van der Waals surface area contributed by atoms with Crippen LogP contribution in [-0.2, 0) is 6.18 Å². The zero-order valence-electron chi connectivity index (χ0n) is 7.86. The molecule has 1 heterocycles. The molecule has 2 nitrogen and oxygen atoms in total. The molecule has 2 aromatic rings. The quantitative estimate of drug-likeness (QED) is 0.799. The van der Waals surface area contributed by atoms with Crippen LogP contribution < -0.4 is 4.74 Å². The summed E-state index contributed by atoms with van der Waals surface area (Å²) in [7, 11) is 0. The van der Waals surface area contributed by atoms with Gasteiger partial charge in [-0.15, -0.1) is 0 Å². The van der Waals surface area contributed by atoms with Crippen LogP contribution in [-0.4, -0.2) is 4.98 Å². The molecule has 84 valence electrons. The number of ether oxygens (including phenoxy) is 1. The lowest BCUT2D eigenvalue weighted by Crippen LogP contribution is -2.06. The third kappa shape index (κ3) is 2.33. The van der Waals surface area contributed by atoms with Crippen molar-refractivity contribution >= 4 is 11.3 Å². The minimum absolute atomic E-state index is 0.191. The van der Waals surface area contributed by atoms with Crippen LogP contribution in [0.15, 0.2) is 35.8 Å². The molecule has 1 aromatic heterocycles. The van der Waals surface area contributed by atoms with Crippen LogP contribution in [0.2, 0.25) is 0 Å². The smallest absolute Gasteiger partial charge is 0.419 e. The average molecular weight is 245 g/mol. The third-order valence-corrected chi connectivity index (χ3v) is 2.45. The fourth-order valence-electron chi connectivity index (χ4n) is 1.14. The number of rotatable bonds is 2. The molecule has 0 bridgehead atoms. The summed E-state index contributed by atoms with van der Waals surface area (Å²) in [4.78, 5) is 3.76. The highest BCUT2D eigenvalue weighted by Crippen LogP contribution is 2.38. The predicted molar refractivity (Wildman–Crippen MR) is 53.6 cm³/mol. The van der Waals surface area contributed by atoms with Crippen molar-refractivity contribution in [1.29, 1.82) is 0 Å². The average Bonchev–Trinajstić information content (AvgIpc) is 2.70. The molecule has 0 aliphatic rings. The summed E-state index contributed by atoms with van der Waals surface area (Å²) in [6, 6.07) is 5.04. The summed E-state index contributed by atoms with van der Waals surface area (Å²) < 4.78 is 42.8. The van der Waals surface area contributed by atoms with E-state index < -0.39 is 11.7 Å². The van der Waals surface area contributed by atoms with E-state index in [0.29, 0.717) is 0 Å². The lowest BCUT2D eigenvalue weighted by Gasteiger charge is -2.11. The SMILES string of the molecule is FC(F)(F)c1ccccc1Oc1nccs1. The van der Waals surface area contributed by atoms with Crippen molar-refractivity contribution in [2.45, 2.75) is 6.18 Å². The van der Waals surface area contributed by atoms with E-state index >= 15 is 0 Å². The minimum atomic E-state index is -4.42. The Morgan fingerprint density at radius 1 is 1.19 bits per heavy atom. The van der Waals surface area contributed by atoms with Gasteiger partial charge in [-0.25, -0.2) is 4.98 Å². The molecule has 0 aliphatic heterocycles. The maximum Gasteiger partial charge on any atom is 0.419 e. The molecule has 0 fully saturated rings. The Balaban J connectivity index is 2.34. The van der Waals surface area contributed by atoms with Gasteiger partial charge in [0.05, 0.1) is 5.56 Å². The summed E-state index contributed by atoms with van der Waals surface area (Å²) in [5.41, 5.74) is -0.801. The Bertz CT molecular complexity index is 467. The van der Waals surface area contributed by atoms with E-state index in [0.717, 1.165) is 17.4 Å². The number of hydrogen-bond donors (Lipinski definition) is 0. The second kappa shape index (κ2) is 4.13. The number of halogens is 3. The first-order valence-corrected chi connectivity index (χ1v) is 5.19. The minimum Gasteiger partial charge on any atom is -0.430 e. The van der Waals surface area contributed by atoms with E-state index in [2.05, 4.69) is 4.98 Å². The zero-order valence-corrected chi connectivity index (χ0v) is 8.68. The van der Waals surface area contributed by atoms with E-state index in [-0.39, 0.29) is 10.9 Å². The summed E-state index contributed by atoms with van der Waals surface area (Å²) >= 11 is 1.14. The van der Waals surface area contributed by atoms with Crippen molar-refractivity contribution in [2.75, 3.05) is 0 Å². The maximum atomic E-state index is 12.6. The van der Waals surface area contributed by atoms with E-state index in [1.165, 1.54) is 24.4 Å². The molecule has 16 heavy (non-hydrogen) atoms. The molecule has 0 spiro atoms. The molecule has 2 rings (SSSR count). The topological polar surface area (TPSA) is 22.1 Å². The Morgan fingerprint density at radius 2 is 1.94 bits per heavy atom. The van der Waals surface area contributed by atoms with Gasteiger partial charge in [-0.3, -0.25) is 0 Å². The van der Waals surface area contributed by atoms with Crippen LogP contribution in [0.4, 0.5) is 13.2 Å². The first kappa shape index (κ1) is 10.9. The first-order valence-electron chi connectivity index (χ1n) is 4.31. The molecule has 0 saturated carbocycles. The highest BCUT2D eigenvalue weighted by Gasteiger charge is 2.34. The number of para-hydroxylation sites is 1. The first-order chi connectivity index (χ1) is 7.57. The van der Waals surface area contributed by atoms with Crippen LogP contribution >= 0.6 is 11.3 Å². The van der Waals surface area contributed by atoms with Crippen molar-refractivity contribution in [3.05, 3.63) is 41.4 Å². The van der Waals surface area contributed by atoms with E-state index in [1.54, 1.807) is 5.38 Å². The van der Waals surface area contributed by atoms with Crippen LogP contribution in [0.3, 0.4) is 0 Å². The number of aromatic nitrogens is 1. The lowest BCUT2D eigenvalue weighted by atomic mass is 10.2. The van der Waals surface area contributed by atoms with Gasteiger partial charge in [0.1, 0.15) is 5.75 Å². The van der Waals surface area contributed by atoms with Crippen molar-refractivity contribution in [3.63, 3.8) is 0 Å². The van der Waals surface area contributed by atoms with E-state index in [1.807, 2.05) is 0 Å². The lowest BCUT2D eigenvalue weighted by molar-refractivity contribution is -0.138. The summed E-state index contributed by atoms with van der Waals surface area (Å²) in [5, 5.41) is 1.82. The van der Waals surface area contributed by atoms with E-state index in [4.69, 9.17) is 4.74 Å². The number of nitrogens with zero attached hydrogens (tertiary/aromatic N) is 1. The number of hydrogen-bond acceptors (Lipinski definition) is 3. The Kier molecular flexibility index (Phi) is 2.82. The molecule has 0 radical (unpaired) electrons. The van der Waals surface area contributed by atoms with E-state index in [9.17, 15) is 13.2 Å². The monoisotopic (exact) mass is 245 g/mol. The van der Waals surface area contributed by atoms with Gasteiger partial charge in [-0.1, -0.05) is 23.5 Å². The van der Waals surface area contributed by atoms with Gasteiger partial charge in [0, 0.05) is 11.6 Å². The summed E-state index contributed by atoms with van der Waals surface area (Å²) in [6.45, 7) is 0. The van der Waals surface area contributed by atoms with Crippen molar-refractivity contribution < 1.29 is 17.9 Å². The molecule has 0 unspecified atom stereocenters. The second-order valence-electron chi connectivity index (χ2n) is 2.89. The van der Waals surface area contributed by atoms with Gasteiger partial charge >= 0.3 is 6.18 Å². The number of benzene rings is 1. The summed E-state index contributed by atoms with van der Waals surface area (Å²) in [6.07, 6.45) is -2.95. The van der Waals surface area contributed by atoms with Gasteiger partial charge in [0.15, 0.2) is 0 Å². The molecule has 0 amide bonds. The molecular weight excluding hydrogens is 239 g/mol. The Morgan fingerprint density at radius 3 is 2.56 bits per heavy atom. The zero-order chi connectivity index (χ0) is 11.6. The molecule has 0 saturated heterocycles. The van der Waals surface area contributed by atoms with Crippen LogP contribution in [0.5, 0.6) is 10.9 Å². The predicted octanol–water partition coefficient (Wildman–Crippen LogP) is 3.95. The number of thiazole rings is 1. The van der Waals surface area contributed by atoms with Crippen molar-refractivity contribution in [2.24, 2.45) is 0 Å². The van der Waals surface area contributed by atoms with Gasteiger partial charge in [-0.05, 0) is 12.1 Å². The fraction of sp³-hybridized carbons (Fsp3) is 0.100. The van der Waals surface area contributed by atoms with Gasteiger partial charge in [0.25, 0.3) is 5.19 Å². The highest BCUT2D eigenvalue weighted by atomic mass is 32.1. The van der Waals surface area contributed by atoms with Crippen LogP contribution in [0.1, 0.15) is 5.56 Å². The highest BCUT2D eigenvalue weighted by molar-refractivity contribution is 7.11. The number of alkyl halides is 3. The van der Waals surface area contributed by atoms with Crippen LogP contribution in [0.25, 0.3) is 0 Å². The van der Waals surface area contributed by atoms with Gasteiger partial charge < -0.3 is 4.74 Å². The molecular formula is C10H6F3NOS. The Labute approximate surface area is 93.3 Å². The normalized spacial score (nSPS) is 11.4. The fourth-order valence-corrected chi connectivity index (χ4v) is 1.64. The van der Waals surface area contributed by atoms with Crippen LogP contribution in [0, 0.1) is 0 Å².